The van der Waals surface area contributed by atoms with Crippen molar-refractivity contribution >= 4 is 65.2 Å². The van der Waals surface area contributed by atoms with Crippen LogP contribution in [0.4, 0.5) is 0 Å². The third kappa shape index (κ3) is 26.8. The minimum Gasteiger partial charge on any atom is -0.481 e. The Bertz CT molecular complexity index is 1840. The Morgan fingerprint density at radius 2 is 0.811 bits per heavy atom. The van der Waals surface area contributed by atoms with Crippen LogP contribution in [-0.2, 0) is 52.7 Å². The van der Waals surface area contributed by atoms with E-state index >= 15 is 0 Å². The van der Waals surface area contributed by atoms with Crippen molar-refractivity contribution in [3.05, 3.63) is 0 Å². The Morgan fingerprint density at radius 1 is 0.446 bits per heavy atom. The molecule has 424 valence electrons. The summed E-state index contributed by atoms with van der Waals surface area (Å²) in [5, 5.41) is 57.5. The molecular formula is C47H86N12O15. The topological polar surface area (TPSA) is 469 Å². The van der Waals surface area contributed by atoms with Gasteiger partial charge in [-0.1, -0.05) is 48.0 Å². The van der Waals surface area contributed by atoms with Crippen molar-refractivity contribution in [2.24, 2.45) is 40.7 Å². The first-order valence-corrected chi connectivity index (χ1v) is 25.3. The number of carboxylic acids is 3. The Labute approximate surface area is 432 Å². The lowest BCUT2D eigenvalue weighted by Gasteiger charge is -2.30. The summed E-state index contributed by atoms with van der Waals surface area (Å²) in [6.45, 7) is 9.91. The number of nitrogens with one attached hydrogen (secondary N) is 8. The van der Waals surface area contributed by atoms with Gasteiger partial charge in [0.1, 0.15) is 48.3 Å². The molecule has 8 amide bonds. The van der Waals surface area contributed by atoms with Gasteiger partial charge >= 0.3 is 17.9 Å². The lowest BCUT2D eigenvalue weighted by molar-refractivity contribution is -0.144. The molecule has 0 heterocycles. The summed E-state index contributed by atoms with van der Waals surface area (Å²) in [6.07, 6.45) is 0.694. The molecule has 0 rings (SSSR count). The predicted octanol–water partition coefficient (Wildman–Crippen LogP) is -3.26. The largest absolute Gasteiger partial charge is 0.481 e. The third-order valence-corrected chi connectivity index (χ3v) is 12.0. The molecule has 0 aromatic carbocycles. The molecule has 0 fully saturated rings. The third-order valence-electron chi connectivity index (χ3n) is 12.0. The number of hydrogen-bond acceptors (Lipinski definition) is 16. The summed E-state index contributed by atoms with van der Waals surface area (Å²) in [5.74, 6) is -12.8. The first-order valence-electron chi connectivity index (χ1n) is 25.3. The second-order valence-electron chi connectivity index (χ2n) is 19.1. The molecule has 0 spiro atoms. The van der Waals surface area contributed by atoms with E-state index in [0.29, 0.717) is 45.1 Å². The maximum Gasteiger partial charge on any atom is 0.328 e. The van der Waals surface area contributed by atoms with E-state index in [2.05, 4.69) is 37.2 Å². The molecule has 0 aliphatic carbocycles. The molecule has 27 nitrogen and oxygen atoms in total. The first-order chi connectivity index (χ1) is 34.8. The van der Waals surface area contributed by atoms with Gasteiger partial charge in [-0.05, 0) is 108 Å². The number of aliphatic carboxylic acids is 3. The average Bonchev–Trinajstić information content (AvgIpc) is 3.33. The highest BCUT2D eigenvalue weighted by molar-refractivity contribution is 5.98. The quantitative estimate of drug-likeness (QED) is 0.0268. The van der Waals surface area contributed by atoms with Crippen molar-refractivity contribution in [2.75, 3.05) is 26.2 Å². The smallest absolute Gasteiger partial charge is 0.328 e. The van der Waals surface area contributed by atoms with Crippen molar-refractivity contribution in [1.29, 1.82) is 0 Å². The monoisotopic (exact) mass is 1060 g/mol. The van der Waals surface area contributed by atoms with Crippen molar-refractivity contribution in [2.45, 2.75) is 186 Å². The molecule has 0 saturated carbocycles. The minimum absolute atomic E-state index is 0.0111. The van der Waals surface area contributed by atoms with E-state index < -0.39 is 151 Å². The van der Waals surface area contributed by atoms with Crippen LogP contribution in [0.25, 0.3) is 0 Å². The van der Waals surface area contributed by atoms with Crippen LogP contribution in [0, 0.1) is 17.8 Å². The first kappa shape index (κ1) is 68.0. The highest BCUT2D eigenvalue weighted by Gasteiger charge is 2.37. The normalized spacial score (nSPS) is 15.3. The number of aliphatic hydroxyl groups excluding tert-OH is 1. The molecule has 0 aromatic rings. The van der Waals surface area contributed by atoms with Gasteiger partial charge in [0.25, 0.3) is 0 Å². The van der Waals surface area contributed by atoms with Gasteiger partial charge in [-0.3, -0.25) is 47.9 Å². The fourth-order valence-electron chi connectivity index (χ4n) is 7.24. The van der Waals surface area contributed by atoms with Crippen LogP contribution < -0.4 is 65.5 Å². The summed E-state index contributed by atoms with van der Waals surface area (Å²) in [6, 6.07) is -12.8. The molecule has 0 aliphatic heterocycles. The maximum absolute atomic E-state index is 14.2. The Hall–Kier alpha value is -6.03. The Kier molecular flexibility index (Phi) is 33.8. The number of carboxylic acid groups (broad SMARTS) is 3. The van der Waals surface area contributed by atoms with Crippen LogP contribution in [0.3, 0.4) is 0 Å². The van der Waals surface area contributed by atoms with Gasteiger partial charge in [-0.2, -0.15) is 0 Å². The van der Waals surface area contributed by atoms with E-state index in [-0.39, 0.29) is 57.0 Å². The molecule has 0 aromatic heterocycles. The summed E-state index contributed by atoms with van der Waals surface area (Å²) >= 11 is 0. The number of rotatable bonds is 40. The van der Waals surface area contributed by atoms with E-state index in [0.717, 1.165) is 0 Å². The zero-order valence-electron chi connectivity index (χ0n) is 43.7. The lowest BCUT2D eigenvalue weighted by Crippen LogP contribution is -2.61. The second kappa shape index (κ2) is 36.8. The molecule has 0 bridgehead atoms. The number of hydrogen-bond donors (Lipinski definition) is 16. The minimum atomic E-state index is -1.84. The van der Waals surface area contributed by atoms with Gasteiger partial charge in [0.05, 0.1) is 19.1 Å². The molecule has 0 saturated heterocycles. The average molecular weight is 1060 g/mol. The summed E-state index contributed by atoms with van der Waals surface area (Å²) < 4.78 is 0. The van der Waals surface area contributed by atoms with Crippen molar-refractivity contribution in [3.63, 3.8) is 0 Å². The van der Waals surface area contributed by atoms with Crippen LogP contribution in [0.2, 0.25) is 0 Å². The highest BCUT2D eigenvalue weighted by Crippen LogP contribution is 2.14. The standard InChI is InChI=1S/C47H86N12O15/c1-7-27(6)38(46(72)57-33(23-36(63)64)44(70)58-34(24-60)47(73)74)59-42(68)30(16-10-13-21-50)53-43(69)32(22-25(2)3)56-40(66)28(14-8-11-19-48)52-41(67)31(17-18-35(61)62)54-39(65)29(15-9-12-20-49)55-45(71)37(51)26(4)5/h25-34,37-38,60H,7-24,48-51H2,1-6H3,(H,52,67)(H,53,69)(H,54,65)(H,55,71)(H,56,66)(H,57,72)(H,58,70)(H,59,68)(H,61,62)(H,63,64)(H,73,74)/t27-,28-,29-,30-,31-,32-,33-,34-,37-,38-/m0/s1. The van der Waals surface area contributed by atoms with Gasteiger partial charge in [0.2, 0.25) is 47.3 Å². The summed E-state index contributed by atoms with van der Waals surface area (Å²) in [4.78, 5) is 145. The number of nitrogens with two attached hydrogens (primary N) is 4. The van der Waals surface area contributed by atoms with Crippen LogP contribution in [-0.4, -0.2) is 166 Å². The molecule has 0 aliphatic rings. The molecule has 0 radical (unpaired) electrons. The summed E-state index contributed by atoms with van der Waals surface area (Å²) in [7, 11) is 0. The van der Waals surface area contributed by atoms with E-state index in [9.17, 15) is 73.2 Å². The SMILES string of the molecule is CC[C@H](C)[C@H](NC(=O)[C@H](CCCCN)NC(=O)[C@H](CC(C)C)NC(=O)[C@H](CCCCN)NC(=O)[C@H](CCC(=O)O)NC(=O)[C@H](CCCCN)NC(=O)[C@@H](N)C(C)C)C(=O)N[C@@H](CC(=O)O)C(=O)N[C@@H](CO)C(=O)O. The zero-order chi connectivity index (χ0) is 56.7. The van der Waals surface area contributed by atoms with E-state index in [1.54, 1.807) is 41.5 Å². The fourth-order valence-corrected chi connectivity index (χ4v) is 7.24. The van der Waals surface area contributed by atoms with Gasteiger partial charge in [0, 0.05) is 6.42 Å². The number of carbonyl (C=O) groups excluding carboxylic acids is 8. The van der Waals surface area contributed by atoms with E-state index in [1.807, 2.05) is 5.32 Å². The van der Waals surface area contributed by atoms with E-state index in [1.165, 1.54) is 0 Å². The molecule has 10 atom stereocenters. The molecule has 20 N–H and O–H groups in total. The predicted molar refractivity (Wildman–Crippen MR) is 270 cm³/mol. The zero-order valence-corrected chi connectivity index (χ0v) is 43.7. The van der Waals surface area contributed by atoms with Crippen molar-refractivity contribution < 1.29 is 73.2 Å². The van der Waals surface area contributed by atoms with Crippen LogP contribution in [0.5, 0.6) is 0 Å². The molecule has 74 heavy (non-hydrogen) atoms. The van der Waals surface area contributed by atoms with Gasteiger partial charge in [0.15, 0.2) is 0 Å². The van der Waals surface area contributed by atoms with Crippen LogP contribution in [0.1, 0.15) is 131 Å². The molecule has 0 unspecified atom stereocenters. The second-order valence-corrected chi connectivity index (χ2v) is 19.1. The Balaban J connectivity index is 6.85. The number of aliphatic hydroxyl groups is 1. The highest BCUT2D eigenvalue weighted by atomic mass is 16.4. The lowest BCUT2D eigenvalue weighted by atomic mass is 9.96. The molecule has 27 heteroatoms. The van der Waals surface area contributed by atoms with Crippen LogP contribution >= 0.6 is 0 Å². The van der Waals surface area contributed by atoms with Crippen molar-refractivity contribution in [1.82, 2.24) is 42.5 Å². The Morgan fingerprint density at radius 3 is 1.18 bits per heavy atom. The fraction of sp³-hybridized carbons (Fsp3) is 0.766. The van der Waals surface area contributed by atoms with Gasteiger partial charge in [-0.25, -0.2) is 4.79 Å². The van der Waals surface area contributed by atoms with Gasteiger partial charge < -0.3 is 85.9 Å². The number of carbonyl (C=O) groups is 11. The number of amides is 8. The molecular weight excluding hydrogens is 973 g/mol. The van der Waals surface area contributed by atoms with E-state index in [4.69, 9.17) is 22.9 Å². The van der Waals surface area contributed by atoms with Crippen molar-refractivity contribution in [3.8, 4) is 0 Å². The maximum atomic E-state index is 14.2. The van der Waals surface area contributed by atoms with Crippen LogP contribution in [0.15, 0.2) is 0 Å². The summed E-state index contributed by atoms with van der Waals surface area (Å²) in [5.41, 5.74) is 23.1. The van der Waals surface area contributed by atoms with Gasteiger partial charge in [-0.15, -0.1) is 0 Å². The number of unbranched alkanes of at least 4 members (excludes halogenated alkanes) is 3.